The van der Waals surface area contributed by atoms with Gasteiger partial charge in [-0.3, -0.25) is 4.40 Å². The molecule has 4 aromatic rings. The Hall–Kier alpha value is -2.38. The fraction of sp³-hybridized carbons (Fsp3) is 0.208. The summed E-state index contributed by atoms with van der Waals surface area (Å²) in [7, 11) is 6.60. The zero-order valence-electron chi connectivity index (χ0n) is 17.0. The lowest BCUT2D eigenvalue weighted by Gasteiger charge is -2.24. The maximum atomic E-state index is 6.15. The number of nitrogens with zero attached hydrogens (tertiary/aromatic N) is 3. The van der Waals surface area contributed by atoms with E-state index in [2.05, 4.69) is 68.1 Å². The summed E-state index contributed by atoms with van der Waals surface area (Å²) in [5.41, 5.74) is 5.35. The van der Waals surface area contributed by atoms with Crippen LogP contribution in [0.15, 0.2) is 79.0 Å². The van der Waals surface area contributed by atoms with Crippen LogP contribution in [0.4, 0.5) is 0 Å². The third kappa shape index (κ3) is 4.97. The minimum atomic E-state index is 0. The Morgan fingerprint density at radius 3 is 2.17 bits per heavy atom. The summed E-state index contributed by atoms with van der Waals surface area (Å²) >= 11 is 0. The molecule has 4 nitrogen and oxygen atoms in total. The second kappa shape index (κ2) is 8.97. The van der Waals surface area contributed by atoms with Gasteiger partial charge in [-0.2, -0.15) is 0 Å². The van der Waals surface area contributed by atoms with Crippen molar-refractivity contribution in [1.82, 2.24) is 9.38 Å². The van der Waals surface area contributed by atoms with Crippen LogP contribution in [-0.4, -0.2) is 35.0 Å². The first kappa shape index (κ1) is 21.3. The second-order valence-corrected chi connectivity index (χ2v) is 8.06. The molecule has 2 aromatic heterocycles. The van der Waals surface area contributed by atoms with Crippen molar-refractivity contribution in [2.45, 2.75) is 13.2 Å². The molecule has 0 aliphatic rings. The highest BCUT2D eigenvalue weighted by Crippen LogP contribution is 2.30. The average Bonchev–Trinajstić information content (AvgIpc) is 3.05. The molecule has 0 saturated heterocycles. The van der Waals surface area contributed by atoms with Gasteiger partial charge in [0, 0.05) is 11.8 Å². The lowest BCUT2D eigenvalue weighted by Crippen LogP contribution is -3.00. The van der Waals surface area contributed by atoms with Gasteiger partial charge >= 0.3 is 0 Å². The first-order valence-corrected chi connectivity index (χ1v) is 9.54. The molecular formula is C24H26IN3O. The molecule has 0 saturated carbocycles. The van der Waals surface area contributed by atoms with Crippen LogP contribution in [0, 0.1) is 0 Å². The van der Waals surface area contributed by atoms with Crippen LogP contribution < -0.4 is 28.7 Å². The fourth-order valence-corrected chi connectivity index (χ4v) is 3.37. The van der Waals surface area contributed by atoms with E-state index in [0.717, 1.165) is 39.2 Å². The summed E-state index contributed by atoms with van der Waals surface area (Å²) in [6, 6.07) is 24.6. The van der Waals surface area contributed by atoms with E-state index >= 15 is 0 Å². The minimum Gasteiger partial charge on any atom is -1.00 e. The van der Waals surface area contributed by atoms with Gasteiger partial charge in [-0.25, -0.2) is 4.98 Å². The predicted octanol–water partition coefficient (Wildman–Crippen LogP) is 1.79. The summed E-state index contributed by atoms with van der Waals surface area (Å²) in [6.07, 6.45) is 2.08. The summed E-state index contributed by atoms with van der Waals surface area (Å²) in [5, 5.41) is 0. The Bertz CT molecular complexity index is 1070. The zero-order valence-corrected chi connectivity index (χ0v) is 19.2. The number of quaternary nitrogens is 1. The van der Waals surface area contributed by atoms with Gasteiger partial charge in [-0.05, 0) is 17.7 Å². The smallest absolute Gasteiger partial charge is 0.180 e. The molecule has 0 unspecified atom stereocenters. The average molecular weight is 499 g/mol. The molecular weight excluding hydrogens is 473 g/mol. The molecule has 0 radical (unpaired) electrons. The van der Waals surface area contributed by atoms with Crippen LogP contribution >= 0.6 is 0 Å². The SMILES string of the molecule is C[N+](C)(C)Cc1c(-c2ccccc2)nc2c(OCc3ccccc3)cccn12.[I-]. The van der Waals surface area contributed by atoms with Gasteiger partial charge < -0.3 is 33.2 Å². The number of rotatable bonds is 6. The fourth-order valence-electron chi connectivity index (χ4n) is 3.37. The van der Waals surface area contributed by atoms with Crippen molar-refractivity contribution < 1.29 is 33.2 Å². The topological polar surface area (TPSA) is 26.5 Å². The first-order valence-electron chi connectivity index (χ1n) is 9.54. The van der Waals surface area contributed by atoms with Crippen LogP contribution in [0.1, 0.15) is 11.3 Å². The van der Waals surface area contributed by atoms with Crippen LogP contribution in [0.2, 0.25) is 0 Å². The lowest BCUT2D eigenvalue weighted by atomic mass is 10.1. The lowest BCUT2D eigenvalue weighted by molar-refractivity contribution is -0.884. The molecule has 0 N–H and O–H groups in total. The highest BCUT2D eigenvalue weighted by atomic mass is 127. The quantitative estimate of drug-likeness (QED) is 0.299. The maximum absolute atomic E-state index is 6.15. The van der Waals surface area contributed by atoms with Crippen molar-refractivity contribution in [2.75, 3.05) is 21.1 Å². The molecule has 0 amide bonds. The Morgan fingerprint density at radius 2 is 1.52 bits per heavy atom. The number of benzene rings is 2. The van der Waals surface area contributed by atoms with E-state index in [0.29, 0.717) is 6.61 Å². The number of hydrogen-bond acceptors (Lipinski definition) is 2. The van der Waals surface area contributed by atoms with Crippen LogP contribution in [0.3, 0.4) is 0 Å². The first-order chi connectivity index (χ1) is 13.5. The van der Waals surface area contributed by atoms with Gasteiger partial charge in [0.25, 0.3) is 0 Å². The van der Waals surface area contributed by atoms with Gasteiger partial charge in [0.2, 0.25) is 0 Å². The van der Waals surface area contributed by atoms with Crippen molar-refractivity contribution >= 4 is 5.65 Å². The van der Waals surface area contributed by atoms with Gasteiger partial charge in [-0.15, -0.1) is 0 Å². The summed E-state index contributed by atoms with van der Waals surface area (Å²) in [4.78, 5) is 5.01. The number of imidazole rings is 1. The van der Waals surface area contributed by atoms with Crippen molar-refractivity contribution in [3.8, 4) is 17.0 Å². The van der Waals surface area contributed by atoms with Crippen LogP contribution in [-0.2, 0) is 13.2 Å². The van der Waals surface area contributed by atoms with Crippen LogP contribution in [0.5, 0.6) is 5.75 Å². The van der Waals surface area contributed by atoms with Crippen molar-refractivity contribution in [1.29, 1.82) is 0 Å². The Labute approximate surface area is 189 Å². The van der Waals surface area contributed by atoms with E-state index in [-0.39, 0.29) is 24.0 Å². The number of pyridine rings is 1. The standard InChI is InChI=1S/C24H26N3O.HI/c1-27(2,3)17-21-23(20-13-8-5-9-14-20)25-24-22(15-10-16-26(21)24)28-18-19-11-6-4-7-12-19;/h4-16H,17-18H2,1-3H3;1H/q+1;/p-1. The molecule has 0 aliphatic carbocycles. The number of ether oxygens (including phenoxy) is 1. The monoisotopic (exact) mass is 499 g/mol. The number of hydrogen-bond donors (Lipinski definition) is 0. The molecule has 150 valence electrons. The molecule has 0 spiro atoms. The van der Waals surface area contributed by atoms with E-state index in [4.69, 9.17) is 9.72 Å². The second-order valence-electron chi connectivity index (χ2n) is 8.06. The molecule has 4 rings (SSSR count). The van der Waals surface area contributed by atoms with E-state index in [1.807, 2.05) is 36.4 Å². The van der Waals surface area contributed by atoms with Crippen molar-refractivity contribution in [2.24, 2.45) is 0 Å². The largest absolute Gasteiger partial charge is 1.00 e. The third-order valence-electron chi connectivity index (χ3n) is 4.62. The summed E-state index contributed by atoms with van der Waals surface area (Å²) < 4.78 is 9.15. The molecule has 2 heterocycles. The van der Waals surface area contributed by atoms with Gasteiger partial charge in [0.15, 0.2) is 11.4 Å². The molecule has 5 heteroatoms. The van der Waals surface area contributed by atoms with Crippen molar-refractivity contribution in [3.63, 3.8) is 0 Å². The highest BCUT2D eigenvalue weighted by Gasteiger charge is 2.21. The van der Waals surface area contributed by atoms with E-state index in [1.54, 1.807) is 0 Å². The Kier molecular flexibility index (Phi) is 6.59. The zero-order chi connectivity index (χ0) is 19.6. The van der Waals surface area contributed by atoms with E-state index in [9.17, 15) is 0 Å². The number of aromatic nitrogens is 2. The highest BCUT2D eigenvalue weighted by molar-refractivity contribution is 5.69. The van der Waals surface area contributed by atoms with E-state index < -0.39 is 0 Å². The summed E-state index contributed by atoms with van der Waals surface area (Å²) in [5.74, 6) is 0.802. The van der Waals surface area contributed by atoms with Gasteiger partial charge in [-0.1, -0.05) is 60.7 Å². The Balaban J connectivity index is 0.00000240. The van der Waals surface area contributed by atoms with Crippen LogP contribution in [0.25, 0.3) is 16.9 Å². The molecule has 0 atom stereocenters. The minimum absolute atomic E-state index is 0. The Morgan fingerprint density at radius 1 is 0.862 bits per heavy atom. The number of halogens is 1. The molecule has 2 aromatic carbocycles. The van der Waals surface area contributed by atoms with Gasteiger partial charge in [0.05, 0.1) is 26.8 Å². The molecule has 0 bridgehead atoms. The third-order valence-corrected chi connectivity index (χ3v) is 4.62. The normalized spacial score (nSPS) is 11.3. The number of fused-ring (bicyclic) bond motifs is 1. The predicted molar refractivity (Wildman–Crippen MR) is 113 cm³/mol. The van der Waals surface area contributed by atoms with E-state index in [1.165, 1.54) is 5.69 Å². The molecule has 0 aliphatic heterocycles. The molecule has 0 fully saturated rings. The maximum Gasteiger partial charge on any atom is 0.180 e. The summed E-state index contributed by atoms with van der Waals surface area (Å²) in [6.45, 7) is 1.40. The molecule has 29 heavy (non-hydrogen) atoms. The van der Waals surface area contributed by atoms with Gasteiger partial charge in [0.1, 0.15) is 18.8 Å². The van der Waals surface area contributed by atoms with Crippen molar-refractivity contribution in [3.05, 3.63) is 90.3 Å².